The van der Waals surface area contributed by atoms with Gasteiger partial charge < -0.3 is 9.32 Å². The first-order valence-corrected chi connectivity index (χ1v) is 9.75. The number of fused-ring (bicyclic) bond motifs is 2. The molecule has 2 aromatic carbocycles. The van der Waals surface area contributed by atoms with Crippen molar-refractivity contribution in [2.45, 2.75) is 25.7 Å². The minimum absolute atomic E-state index is 0.0498. The van der Waals surface area contributed by atoms with Crippen molar-refractivity contribution >= 4 is 33.4 Å². The molecule has 1 aliphatic heterocycles. The molecule has 0 aliphatic carbocycles. The number of anilines is 1. The van der Waals surface area contributed by atoms with Gasteiger partial charge in [0.25, 0.3) is 5.69 Å². The topological polar surface area (TPSA) is 85.3 Å². The molecule has 5 rings (SSSR count). The summed E-state index contributed by atoms with van der Waals surface area (Å²) in [5.41, 5.74) is 4.01. The summed E-state index contributed by atoms with van der Waals surface area (Å²) in [6.45, 7) is 3.56. The monoisotopic (exact) mass is 388 g/mol. The number of nitrogens with zero attached hydrogens (tertiary/aromatic N) is 4. The fourth-order valence-corrected chi connectivity index (χ4v) is 4.18. The van der Waals surface area contributed by atoms with E-state index in [4.69, 9.17) is 4.42 Å². The number of hydrogen-bond acceptors (Lipinski definition) is 6. The van der Waals surface area contributed by atoms with Crippen LogP contribution in [0.5, 0.6) is 0 Å². The van der Waals surface area contributed by atoms with Gasteiger partial charge in [-0.15, -0.1) is 0 Å². The molecule has 0 saturated carbocycles. The Balaban J connectivity index is 1.44. The number of oxazole rings is 1. The highest BCUT2D eigenvalue weighted by Gasteiger charge is 2.26. The van der Waals surface area contributed by atoms with Gasteiger partial charge in [0, 0.05) is 41.8 Å². The molecular weight excluding hydrogens is 368 g/mol. The fourth-order valence-electron chi connectivity index (χ4n) is 4.18. The normalized spacial score (nSPS) is 15.3. The molecule has 1 fully saturated rings. The van der Waals surface area contributed by atoms with E-state index in [1.165, 1.54) is 6.07 Å². The quantitative estimate of drug-likeness (QED) is 0.364. The van der Waals surface area contributed by atoms with Gasteiger partial charge >= 0.3 is 0 Å². The fraction of sp³-hybridized carbons (Fsp3) is 0.273. The summed E-state index contributed by atoms with van der Waals surface area (Å²) >= 11 is 0. The van der Waals surface area contributed by atoms with Gasteiger partial charge in [-0.3, -0.25) is 10.1 Å². The third-order valence-corrected chi connectivity index (χ3v) is 5.62. The van der Waals surface area contributed by atoms with Crippen LogP contribution in [-0.2, 0) is 0 Å². The van der Waals surface area contributed by atoms with Crippen LogP contribution in [0.4, 0.5) is 11.4 Å². The van der Waals surface area contributed by atoms with Crippen LogP contribution in [0.25, 0.3) is 22.0 Å². The van der Waals surface area contributed by atoms with Crippen LogP contribution in [0.3, 0.4) is 0 Å². The first kappa shape index (κ1) is 17.6. The largest absolute Gasteiger partial charge is 0.440 e. The maximum atomic E-state index is 11.4. The van der Waals surface area contributed by atoms with Crippen LogP contribution in [0.15, 0.2) is 52.9 Å². The molecule has 2 aromatic heterocycles. The molecular formula is C22H20N4O3. The SMILES string of the molecule is Cc1cc(N2CCC(c3nc4ccccc4o3)CC2)c2cccc([N+](=O)[O-])c2n1. The second kappa shape index (κ2) is 6.84. The van der Waals surface area contributed by atoms with Crippen molar-refractivity contribution < 1.29 is 9.34 Å². The van der Waals surface area contributed by atoms with Crippen molar-refractivity contribution in [1.29, 1.82) is 0 Å². The number of piperidine rings is 1. The molecule has 1 aliphatic rings. The van der Waals surface area contributed by atoms with E-state index >= 15 is 0 Å². The number of nitro benzene ring substituents is 1. The Morgan fingerprint density at radius 1 is 1.10 bits per heavy atom. The summed E-state index contributed by atoms with van der Waals surface area (Å²) in [6, 6.07) is 15.0. The Hall–Kier alpha value is -3.48. The standard InChI is InChI=1S/C22H20N4O3/c1-14-13-19(16-5-4-7-18(26(27)28)21(16)23-14)25-11-9-15(10-12-25)22-24-17-6-2-3-8-20(17)29-22/h2-8,13,15H,9-12H2,1H3. The van der Waals surface area contributed by atoms with E-state index in [-0.39, 0.29) is 16.5 Å². The van der Waals surface area contributed by atoms with Crippen LogP contribution in [0.1, 0.15) is 30.3 Å². The minimum atomic E-state index is -0.363. The van der Waals surface area contributed by atoms with Crippen LogP contribution in [0, 0.1) is 17.0 Å². The average Bonchev–Trinajstić information content (AvgIpc) is 3.17. The molecule has 0 atom stereocenters. The number of para-hydroxylation sites is 3. The Bertz CT molecular complexity index is 1190. The summed E-state index contributed by atoms with van der Waals surface area (Å²) in [7, 11) is 0. The van der Waals surface area contributed by atoms with Crippen LogP contribution >= 0.6 is 0 Å². The molecule has 7 heteroatoms. The van der Waals surface area contributed by atoms with Gasteiger partial charge in [-0.05, 0) is 38.0 Å². The summed E-state index contributed by atoms with van der Waals surface area (Å²) < 4.78 is 5.97. The number of hydrogen-bond donors (Lipinski definition) is 0. The molecule has 0 radical (unpaired) electrons. The minimum Gasteiger partial charge on any atom is -0.440 e. The Morgan fingerprint density at radius 2 is 1.90 bits per heavy atom. The Kier molecular flexibility index (Phi) is 4.16. The average molecular weight is 388 g/mol. The molecule has 0 bridgehead atoms. The van der Waals surface area contributed by atoms with Crippen molar-refractivity contribution in [3.8, 4) is 0 Å². The van der Waals surface area contributed by atoms with E-state index in [1.54, 1.807) is 6.07 Å². The summed E-state index contributed by atoms with van der Waals surface area (Å²) in [4.78, 5) is 22.5. The van der Waals surface area contributed by atoms with Gasteiger partial charge in [-0.25, -0.2) is 9.97 Å². The third-order valence-electron chi connectivity index (χ3n) is 5.62. The number of rotatable bonds is 3. The second-order valence-electron chi connectivity index (χ2n) is 7.49. The zero-order valence-electron chi connectivity index (χ0n) is 16.0. The van der Waals surface area contributed by atoms with Crippen LogP contribution < -0.4 is 4.90 Å². The molecule has 29 heavy (non-hydrogen) atoms. The third kappa shape index (κ3) is 3.08. The zero-order chi connectivity index (χ0) is 20.0. The molecule has 1 saturated heterocycles. The van der Waals surface area contributed by atoms with E-state index < -0.39 is 0 Å². The lowest BCUT2D eigenvalue weighted by molar-refractivity contribution is -0.383. The highest BCUT2D eigenvalue weighted by atomic mass is 16.6. The van der Waals surface area contributed by atoms with E-state index in [1.807, 2.05) is 43.3 Å². The maximum Gasteiger partial charge on any atom is 0.295 e. The van der Waals surface area contributed by atoms with Gasteiger partial charge in [-0.2, -0.15) is 0 Å². The predicted octanol–water partition coefficient (Wildman–Crippen LogP) is 4.98. The summed E-state index contributed by atoms with van der Waals surface area (Å²) in [5, 5.41) is 12.2. The number of pyridine rings is 1. The van der Waals surface area contributed by atoms with Gasteiger partial charge in [0.1, 0.15) is 5.52 Å². The van der Waals surface area contributed by atoms with Gasteiger partial charge in [0.15, 0.2) is 17.0 Å². The van der Waals surface area contributed by atoms with Gasteiger partial charge in [0.2, 0.25) is 0 Å². The number of aromatic nitrogens is 2. The van der Waals surface area contributed by atoms with Crippen molar-refractivity contribution in [2.75, 3.05) is 18.0 Å². The molecule has 3 heterocycles. The molecule has 146 valence electrons. The Morgan fingerprint density at radius 3 is 2.66 bits per heavy atom. The highest BCUT2D eigenvalue weighted by molar-refractivity contribution is 5.97. The predicted molar refractivity (Wildman–Crippen MR) is 111 cm³/mol. The molecule has 0 amide bonds. The zero-order valence-corrected chi connectivity index (χ0v) is 16.0. The molecule has 0 spiro atoms. The lowest BCUT2D eigenvalue weighted by Gasteiger charge is -2.33. The van der Waals surface area contributed by atoms with Gasteiger partial charge in [-0.1, -0.05) is 24.3 Å². The van der Waals surface area contributed by atoms with E-state index in [9.17, 15) is 10.1 Å². The van der Waals surface area contributed by atoms with Crippen molar-refractivity contribution in [2.24, 2.45) is 0 Å². The van der Waals surface area contributed by atoms with E-state index in [0.29, 0.717) is 5.52 Å². The van der Waals surface area contributed by atoms with Crippen molar-refractivity contribution in [1.82, 2.24) is 9.97 Å². The van der Waals surface area contributed by atoms with E-state index in [2.05, 4.69) is 14.9 Å². The molecule has 7 nitrogen and oxygen atoms in total. The molecule has 4 aromatic rings. The maximum absolute atomic E-state index is 11.4. The van der Waals surface area contributed by atoms with Crippen molar-refractivity contribution in [3.05, 3.63) is 70.2 Å². The van der Waals surface area contributed by atoms with E-state index in [0.717, 1.165) is 59.7 Å². The van der Waals surface area contributed by atoms with Crippen LogP contribution in [-0.4, -0.2) is 28.0 Å². The number of non-ortho nitro benzene ring substituents is 1. The first-order valence-electron chi connectivity index (χ1n) is 9.75. The lowest BCUT2D eigenvalue weighted by Crippen LogP contribution is -2.33. The molecule has 0 N–H and O–H groups in total. The Labute approximate surface area is 167 Å². The van der Waals surface area contributed by atoms with Gasteiger partial charge in [0.05, 0.1) is 4.92 Å². The second-order valence-corrected chi connectivity index (χ2v) is 7.49. The number of nitro groups is 1. The summed E-state index contributed by atoms with van der Waals surface area (Å²) in [6.07, 6.45) is 1.84. The lowest BCUT2D eigenvalue weighted by atomic mass is 9.96. The molecule has 0 unspecified atom stereocenters. The smallest absolute Gasteiger partial charge is 0.295 e. The highest BCUT2D eigenvalue weighted by Crippen LogP contribution is 2.36. The van der Waals surface area contributed by atoms with Crippen molar-refractivity contribution in [3.63, 3.8) is 0 Å². The summed E-state index contributed by atoms with van der Waals surface area (Å²) in [5.74, 6) is 1.08. The van der Waals surface area contributed by atoms with Crippen LogP contribution in [0.2, 0.25) is 0 Å². The first-order chi connectivity index (χ1) is 14.1. The number of benzene rings is 2. The number of aryl methyl sites for hydroxylation is 1.